The molecule has 0 aliphatic heterocycles. The largest absolute Gasteiger partial charge is 0.456 e. The van der Waals surface area contributed by atoms with Gasteiger partial charge in [-0.2, -0.15) is 0 Å². The Kier molecular flexibility index (Phi) is 7.29. The number of fused-ring (bicyclic) bond motifs is 9. The zero-order valence-electron chi connectivity index (χ0n) is 31.3. The van der Waals surface area contributed by atoms with Crippen LogP contribution in [0.25, 0.3) is 117 Å². The Morgan fingerprint density at radius 3 is 1.79 bits per heavy atom. The van der Waals surface area contributed by atoms with E-state index in [0.717, 1.165) is 101 Å². The van der Waals surface area contributed by atoms with Crippen molar-refractivity contribution < 1.29 is 8.83 Å². The van der Waals surface area contributed by atoms with Crippen LogP contribution in [0.3, 0.4) is 0 Å². The molecule has 272 valence electrons. The Morgan fingerprint density at radius 1 is 0.397 bits per heavy atom. The second kappa shape index (κ2) is 13.0. The number of furan rings is 2. The highest BCUT2D eigenvalue weighted by Gasteiger charge is 2.24. The minimum absolute atomic E-state index is 0.577. The van der Waals surface area contributed by atoms with Crippen molar-refractivity contribution in [2.75, 3.05) is 0 Å². The fourth-order valence-corrected chi connectivity index (χ4v) is 8.81. The van der Waals surface area contributed by atoms with Crippen molar-refractivity contribution in [1.82, 2.24) is 15.0 Å². The van der Waals surface area contributed by atoms with E-state index < -0.39 is 0 Å². The Bertz CT molecular complexity index is 3450. The minimum atomic E-state index is 0.577. The molecule has 12 rings (SSSR count). The molecule has 0 saturated carbocycles. The molecule has 0 fully saturated rings. The molecule has 0 spiro atoms. The summed E-state index contributed by atoms with van der Waals surface area (Å²) in [4.78, 5) is 15.8. The van der Waals surface area contributed by atoms with Gasteiger partial charge in [-0.05, 0) is 93.4 Å². The monoisotopic (exact) mass is 743 g/mol. The van der Waals surface area contributed by atoms with Crippen LogP contribution in [0.1, 0.15) is 17.5 Å². The van der Waals surface area contributed by atoms with Crippen LogP contribution in [0, 0.1) is 0 Å². The van der Waals surface area contributed by atoms with E-state index in [2.05, 4.69) is 152 Å². The van der Waals surface area contributed by atoms with Gasteiger partial charge >= 0.3 is 0 Å². The summed E-state index contributed by atoms with van der Waals surface area (Å²) >= 11 is 0. The summed E-state index contributed by atoms with van der Waals surface area (Å²) in [7, 11) is 0. The maximum atomic E-state index is 6.68. The molecular formula is C53H33N3O2. The third-order valence-electron chi connectivity index (χ3n) is 11.6. The van der Waals surface area contributed by atoms with E-state index in [0.29, 0.717) is 17.5 Å². The number of para-hydroxylation sites is 2. The Hall–Kier alpha value is -7.63. The molecule has 0 amide bonds. The SMILES string of the molecule is C1=Cc2c(-c3cc(-c4nc(-c5ccc(-c6ccccc6)cc5)nc(-c5ccc6ccccc6c5)n4)c4c(c3)oc3ccccc34)cc3oc4ccccc4c3c2CC1. The van der Waals surface area contributed by atoms with Gasteiger partial charge in [0, 0.05) is 38.2 Å². The summed E-state index contributed by atoms with van der Waals surface area (Å²) in [6.07, 6.45) is 6.47. The smallest absolute Gasteiger partial charge is 0.164 e. The standard InChI is InChI=1S/C53H33N3O2/c1-2-12-32(13-3-1)34-22-25-35(26-23-34)51-54-52(37-27-24-33-14-4-5-15-36(33)28-37)56-53(55-51)44-29-38(30-47-50(44)42-19-9-11-21-46(42)57-47)43-31-48-49(40-17-7-6-16-39(40)43)41-18-8-10-20-45(41)58-48/h1-6,8-16,18-31H,7,17H2. The molecular weight excluding hydrogens is 711 g/mol. The number of allylic oxidation sites excluding steroid dienone is 1. The lowest BCUT2D eigenvalue weighted by molar-refractivity contribution is 0.668. The minimum Gasteiger partial charge on any atom is -0.456 e. The molecule has 58 heavy (non-hydrogen) atoms. The zero-order chi connectivity index (χ0) is 38.2. The van der Waals surface area contributed by atoms with Crippen molar-refractivity contribution in [2.24, 2.45) is 0 Å². The highest BCUT2D eigenvalue weighted by atomic mass is 16.3. The topological polar surface area (TPSA) is 65.0 Å². The number of nitrogens with zero attached hydrogens (tertiary/aromatic N) is 3. The molecule has 5 nitrogen and oxygen atoms in total. The van der Waals surface area contributed by atoms with Gasteiger partial charge in [-0.1, -0.05) is 140 Å². The normalized spacial score (nSPS) is 12.6. The Morgan fingerprint density at radius 2 is 1.00 bits per heavy atom. The van der Waals surface area contributed by atoms with Crippen LogP contribution in [-0.2, 0) is 6.42 Å². The summed E-state index contributed by atoms with van der Waals surface area (Å²) in [6, 6.07) is 56.8. The highest BCUT2D eigenvalue weighted by Crippen LogP contribution is 2.45. The molecule has 3 aromatic heterocycles. The van der Waals surface area contributed by atoms with Crippen molar-refractivity contribution in [1.29, 1.82) is 0 Å². The highest BCUT2D eigenvalue weighted by molar-refractivity contribution is 6.14. The lowest BCUT2D eigenvalue weighted by Crippen LogP contribution is -2.01. The lowest BCUT2D eigenvalue weighted by atomic mass is 9.86. The van der Waals surface area contributed by atoms with Crippen molar-refractivity contribution >= 4 is 60.7 Å². The fraction of sp³-hybridized carbons (Fsp3) is 0.0377. The number of aromatic nitrogens is 3. The van der Waals surface area contributed by atoms with E-state index in [9.17, 15) is 0 Å². The van der Waals surface area contributed by atoms with Crippen molar-refractivity contribution in [3.05, 3.63) is 181 Å². The maximum absolute atomic E-state index is 6.68. The summed E-state index contributed by atoms with van der Waals surface area (Å²) in [5, 5.41) is 6.61. The molecule has 8 aromatic carbocycles. The summed E-state index contributed by atoms with van der Waals surface area (Å²) < 4.78 is 13.2. The van der Waals surface area contributed by atoms with Gasteiger partial charge in [0.15, 0.2) is 17.5 Å². The van der Waals surface area contributed by atoms with Crippen LogP contribution >= 0.6 is 0 Å². The summed E-state index contributed by atoms with van der Waals surface area (Å²) in [6.45, 7) is 0. The average molecular weight is 744 g/mol. The molecule has 0 radical (unpaired) electrons. The van der Waals surface area contributed by atoms with Crippen LogP contribution in [0.4, 0.5) is 0 Å². The van der Waals surface area contributed by atoms with Gasteiger partial charge in [0.2, 0.25) is 0 Å². The molecule has 0 N–H and O–H groups in total. The number of benzene rings is 8. The molecule has 0 atom stereocenters. The number of rotatable bonds is 5. The second-order valence-electron chi connectivity index (χ2n) is 15.0. The molecule has 1 aliphatic rings. The first-order chi connectivity index (χ1) is 28.7. The first-order valence-electron chi connectivity index (χ1n) is 19.7. The molecule has 3 heterocycles. The van der Waals surface area contributed by atoms with Crippen LogP contribution in [0.5, 0.6) is 0 Å². The molecule has 0 bridgehead atoms. The van der Waals surface area contributed by atoms with E-state index in [4.69, 9.17) is 23.8 Å². The number of aryl methyl sites for hydroxylation is 1. The van der Waals surface area contributed by atoms with Crippen molar-refractivity contribution in [3.8, 4) is 56.4 Å². The molecule has 1 aliphatic carbocycles. The summed E-state index contributed by atoms with van der Waals surface area (Å²) in [5.41, 5.74) is 13.0. The van der Waals surface area contributed by atoms with Crippen LogP contribution < -0.4 is 0 Å². The first kappa shape index (κ1) is 32.6. The number of hydrogen-bond acceptors (Lipinski definition) is 5. The lowest BCUT2D eigenvalue weighted by Gasteiger charge is -2.18. The van der Waals surface area contributed by atoms with Gasteiger partial charge in [-0.25, -0.2) is 15.0 Å². The van der Waals surface area contributed by atoms with Gasteiger partial charge in [0.05, 0.1) is 0 Å². The maximum Gasteiger partial charge on any atom is 0.164 e. The predicted octanol–water partition coefficient (Wildman–Crippen LogP) is 14.1. The van der Waals surface area contributed by atoms with Gasteiger partial charge in [-0.15, -0.1) is 0 Å². The van der Waals surface area contributed by atoms with Crippen LogP contribution in [0.15, 0.2) is 179 Å². The average Bonchev–Trinajstić information content (AvgIpc) is 3.87. The van der Waals surface area contributed by atoms with Gasteiger partial charge < -0.3 is 8.83 Å². The predicted molar refractivity (Wildman–Crippen MR) is 236 cm³/mol. The molecule has 0 unspecified atom stereocenters. The Labute approximate surface area is 333 Å². The molecule has 0 saturated heterocycles. The van der Waals surface area contributed by atoms with Crippen molar-refractivity contribution in [3.63, 3.8) is 0 Å². The zero-order valence-corrected chi connectivity index (χ0v) is 31.3. The van der Waals surface area contributed by atoms with E-state index >= 15 is 0 Å². The van der Waals surface area contributed by atoms with Crippen LogP contribution in [-0.4, -0.2) is 15.0 Å². The van der Waals surface area contributed by atoms with E-state index in [-0.39, 0.29) is 0 Å². The third-order valence-corrected chi connectivity index (χ3v) is 11.6. The first-order valence-corrected chi connectivity index (χ1v) is 19.7. The fourth-order valence-electron chi connectivity index (χ4n) is 8.81. The van der Waals surface area contributed by atoms with Gasteiger partial charge in [0.1, 0.15) is 22.3 Å². The molecule has 5 heteroatoms. The quantitative estimate of drug-likeness (QED) is 0.176. The van der Waals surface area contributed by atoms with E-state index in [1.807, 2.05) is 24.3 Å². The van der Waals surface area contributed by atoms with Gasteiger partial charge in [-0.3, -0.25) is 0 Å². The van der Waals surface area contributed by atoms with Crippen LogP contribution in [0.2, 0.25) is 0 Å². The van der Waals surface area contributed by atoms with E-state index in [1.54, 1.807) is 0 Å². The van der Waals surface area contributed by atoms with E-state index in [1.165, 1.54) is 16.5 Å². The molecule has 11 aromatic rings. The Balaban J connectivity index is 1.12. The number of hydrogen-bond donors (Lipinski definition) is 0. The third kappa shape index (κ3) is 5.28. The van der Waals surface area contributed by atoms with Gasteiger partial charge in [0.25, 0.3) is 0 Å². The second-order valence-corrected chi connectivity index (χ2v) is 15.0. The van der Waals surface area contributed by atoms with Crippen molar-refractivity contribution in [2.45, 2.75) is 12.8 Å². The summed E-state index contributed by atoms with van der Waals surface area (Å²) in [5.74, 6) is 1.78.